The molecule has 1 heterocycles. The molecule has 0 saturated carbocycles. The summed E-state index contributed by atoms with van der Waals surface area (Å²) >= 11 is 1.39. The fourth-order valence-corrected chi connectivity index (χ4v) is 1.25. The van der Waals surface area contributed by atoms with Gasteiger partial charge in [-0.2, -0.15) is 11.3 Å². The van der Waals surface area contributed by atoms with Crippen LogP contribution in [-0.2, 0) is 0 Å². The molecule has 0 atom stereocenters. The second kappa shape index (κ2) is 2.92. The highest BCUT2D eigenvalue weighted by Gasteiger charge is 2.09. The monoisotopic (exact) mass is 160 g/mol. The van der Waals surface area contributed by atoms with Crippen LogP contribution >= 0.6 is 11.3 Å². The van der Waals surface area contributed by atoms with Gasteiger partial charge in [-0.05, 0) is 22.4 Å². The number of hydrogen-bond donors (Lipinski definition) is 0. The van der Waals surface area contributed by atoms with Gasteiger partial charge in [-0.15, -0.1) is 0 Å². The first-order valence-electron chi connectivity index (χ1n) is 2.71. The number of allylic oxidation sites excluding steroid dienone is 1. The van der Waals surface area contributed by atoms with Gasteiger partial charge in [0.15, 0.2) is 0 Å². The highest BCUT2D eigenvalue weighted by molar-refractivity contribution is 7.08. The number of thiophene rings is 1. The van der Waals surface area contributed by atoms with E-state index in [0.717, 1.165) is 0 Å². The van der Waals surface area contributed by atoms with Gasteiger partial charge in [0.05, 0.1) is 0 Å². The molecule has 1 rings (SSSR count). The van der Waals surface area contributed by atoms with Crippen LogP contribution < -0.4 is 0 Å². The molecule has 0 aliphatic heterocycles. The summed E-state index contributed by atoms with van der Waals surface area (Å²) in [6.45, 7) is 3.25. The summed E-state index contributed by atoms with van der Waals surface area (Å²) in [4.78, 5) is 0. The molecule has 0 aliphatic rings. The summed E-state index contributed by atoms with van der Waals surface area (Å²) in [7, 11) is 0. The van der Waals surface area contributed by atoms with Crippen molar-refractivity contribution in [3.05, 3.63) is 29.0 Å². The van der Waals surface area contributed by atoms with E-state index in [-0.39, 0.29) is 5.57 Å². The molecule has 54 valence electrons. The van der Waals surface area contributed by atoms with Crippen molar-refractivity contribution in [3.8, 4) is 0 Å². The Labute approximate surface area is 61.8 Å². The minimum Gasteiger partial charge on any atom is -0.205 e. The third kappa shape index (κ3) is 1.42. The highest BCUT2D eigenvalue weighted by atomic mass is 32.1. The number of hydrogen-bond acceptors (Lipinski definition) is 1. The van der Waals surface area contributed by atoms with Gasteiger partial charge < -0.3 is 0 Å². The predicted molar refractivity (Wildman–Crippen MR) is 39.4 cm³/mol. The molecule has 10 heavy (non-hydrogen) atoms. The van der Waals surface area contributed by atoms with Crippen molar-refractivity contribution in [2.75, 3.05) is 0 Å². The average Bonchev–Trinajstić information content (AvgIpc) is 2.36. The molecule has 0 spiro atoms. The van der Waals surface area contributed by atoms with E-state index >= 15 is 0 Å². The molecule has 0 aliphatic carbocycles. The largest absolute Gasteiger partial charge is 0.263 e. The predicted octanol–water partition coefficient (Wildman–Crippen LogP) is 3.03. The van der Waals surface area contributed by atoms with Crippen molar-refractivity contribution < 1.29 is 8.78 Å². The Bertz CT molecular complexity index is 214. The third-order valence-corrected chi connectivity index (χ3v) is 1.84. The van der Waals surface area contributed by atoms with E-state index in [1.807, 2.05) is 0 Å². The van der Waals surface area contributed by atoms with E-state index < -0.39 is 6.43 Å². The summed E-state index contributed by atoms with van der Waals surface area (Å²) in [5.41, 5.74) is 0.446. The van der Waals surface area contributed by atoms with Crippen molar-refractivity contribution >= 4 is 16.9 Å². The van der Waals surface area contributed by atoms with Crippen LogP contribution in [0.2, 0.25) is 0 Å². The first-order chi connectivity index (χ1) is 4.72. The van der Waals surface area contributed by atoms with Gasteiger partial charge in [-0.25, -0.2) is 8.78 Å². The maximum atomic E-state index is 11.9. The van der Waals surface area contributed by atoms with Crippen LogP contribution in [0.15, 0.2) is 23.4 Å². The zero-order chi connectivity index (χ0) is 7.56. The molecule has 0 aromatic carbocycles. The molecule has 3 heteroatoms. The van der Waals surface area contributed by atoms with Gasteiger partial charge in [0.25, 0.3) is 6.43 Å². The summed E-state index contributed by atoms with van der Waals surface area (Å²) in [6.07, 6.45) is -2.44. The lowest BCUT2D eigenvalue weighted by Gasteiger charge is -1.98. The van der Waals surface area contributed by atoms with Crippen LogP contribution in [0.3, 0.4) is 0 Å². The molecule has 1 aromatic heterocycles. The van der Waals surface area contributed by atoms with E-state index in [0.29, 0.717) is 5.56 Å². The van der Waals surface area contributed by atoms with Crippen molar-refractivity contribution in [2.45, 2.75) is 6.43 Å². The lowest BCUT2D eigenvalue weighted by molar-refractivity contribution is 0.215. The van der Waals surface area contributed by atoms with Gasteiger partial charge >= 0.3 is 0 Å². The van der Waals surface area contributed by atoms with Gasteiger partial charge in [-0.3, -0.25) is 0 Å². The standard InChI is InChI=1S/C7H6F2S/c1-5(7(8)9)6-2-3-10-4-6/h2-4,7H,1H2. The minimum absolute atomic E-state index is 0.0961. The average molecular weight is 160 g/mol. The Balaban J connectivity index is 2.78. The van der Waals surface area contributed by atoms with Crippen molar-refractivity contribution in [2.24, 2.45) is 0 Å². The molecular formula is C7H6F2S. The SMILES string of the molecule is C=C(c1ccsc1)C(F)F. The van der Waals surface area contributed by atoms with Crippen molar-refractivity contribution in [1.29, 1.82) is 0 Å². The van der Waals surface area contributed by atoms with Crippen LogP contribution in [0, 0.1) is 0 Å². The fraction of sp³-hybridized carbons (Fsp3) is 0.143. The van der Waals surface area contributed by atoms with Crippen LogP contribution in [0.25, 0.3) is 5.57 Å². The molecular weight excluding hydrogens is 154 g/mol. The third-order valence-electron chi connectivity index (χ3n) is 1.16. The highest BCUT2D eigenvalue weighted by Crippen LogP contribution is 2.21. The summed E-state index contributed by atoms with van der Waals surface area (Å²) in [6, 6.07) is 1.64. The second-order valence-electron chi connectivity index (χ2n) is 1.84. The lowest BCUT2D eigenvalue weighted by atomic mass is 10.2. The van der Waals surface area contributed by atoms with Crippen molar-refractivity contribution in [3.63, 3.8) is 0 Å². The molecule has 0 radical (unpaired) electrons. The van der Waals surface area contributed by atoms with Crippen LogP contribution in [-0.4, -0.2) is 6.43 Å². The molecule has 0 unspecified atom stereocenters. The van der Waals surface area contributed by atoms with E-state index in [4.69, 9.17) is 0 Å². The minimum atomic E-state index is -2.44. The van der Waals surface area contributed by atoms with Gasteiger partial charge in [-0.1, -0.05) is 6.58 Å². The number of rotatable bonds is 2. The Morgan fingerprint density at radius 1 is 1.60 bits per heavy atom. The zero-order valence-corrected chi connectivity index (χ0v) is 6.00. The smallest absolute Gasteiger partial charge is 0.205 e. The van der Waals surface area contributed by atoms with E-state index in [1.165, 1.54) is 11.3 Å². The number of alkyl halides is 2. The maximum Gasteiger partial charge on any atom is 0.263 e. The Hall–Kier alpha value is -0.700. The summed E-state index contributed by atoms with van der Waals surface area (Å²) in [5, 5.41) is 3.41. The summed E-state index contributed by atoms with van der Waals surface area (Å²) < 4.78 is 23.8. The molecule has 0 bridgehead atoms. The van der Waals surface area contributed by atoms with E-state index in [9.17, 15) is 8.78 Å². The first kappa shape index (κ1) is 7.41. The summed E-state index contributed by atoms with van der Waals surface area (Å²) in [5.74, 6) is 0. The second-order valence-corrected chi connectivity index (χ2v) is 2.62. The van der Waals surface area contributed by atoms with Crippen LogP contribution in [0.4, 0.5) is 8.78 Å². The van der Waals surface area contributed by atoms with Crippen LogP contribution in [0.1, 0.15) is 5.56 Å². The fourth-order valence-electron chi connectivity index (χ4n) is 0.573. The van der Waals surface area contributed by atoms with Crippen LogP contribution in [0.5, 0.6) is 0 Å². The topological polar surface area (TPSA) is 0 Å². The maximum absolute atomic E-state index is 11.9. The van der Waals surface area contributed by atoms with Gasteiger partial charge in [0.1, 0.15) is 0 Å². The molecule has 1 aromatic rings. The Morgan fingerprint density at radius 2 is 2.30 bits per heavy atom. The molecule has 0 amide bonds. The Morgan fingerprint density at radius 3 is 2.70 bits per heavy atom. The first-order valence-corrected chi connectivity index (χ1v) is 3.65. The molecule has 0 saturated heterocycles. The lowest BCUT2D eigenvalue weighted by Crippen LogP contribution is -1.91. The van der Waals surface area contributed by atoms with Gasteiger partial charge in [0.2, 0.25) is 0 Å². The van der Waals surface area contributed by atoms with Gasteiger partial charge in [0, 0.05) is 5.57 Å². The number of halogens is 2. The molecule has 0 nitrogen and oxygen atoms in total. The molecule has 0 N–H and O–H groups in total. The van der Waals surface area contributed by atoms with E-state index in [1.54, 1.807) is 16.8 Å². The van der Waals surface area contributed by atoms with E-state index in [2.05, 4.69) is 6.58 Å². The zero-order valence-electron chi connectivity index (χ0n) is 5.18. The Kier molecular flexibility index (Phi) is 2.17. The van der Waals surface area contributed by atoms with Crippen molar-refractivity contribution in [1.82, 2.24) is 0 Å². The normalized spacial score (nSPS) is 10.3. The molecule has 0 fully saturated rings. The quantitative estimate of drug-likeness (QED) is 0.623.